The van der Waals surface area contributed by atoms with E-state index in [-0.39, 0.29) is 40.9 Å². The Hall–Kier alpha value is -3.84. The maximum Gasteiger partial charge on any atom is 0.407 e. The van der Waals surface area contributed by atoms with Crippen molar-refractivity contribution < 1.29 is 24.2 Å². The number of hydrogen-bond donors (Lipinski definition) is 3. The molecule has 35 heavy (non-hydrogen) atoms. The van der Waals surface area contributed by atoms with Crippen molar-refractivity contribution in [1.29, 1.82) is 0 Å². The summed E-state index contributed by atoms with van der Waals surface area (Å²) >= 11 is 6.08. The minimum atomic E-state index is -1.09. The van der Waals surface area contributed by atoms with Crippen LogP contribution in [0.2, 0.25) is 5.02 Å². The highest BCUT2D eigenvalue weighted by Crippen LogP contribution is 2.44. The second kappa shape index (κ2) is 9.43. The summed E-state index contributed by atoms with van der Waals surface area (Å²) < 4.78 is 5.54. The number of hydrogen-bond acceptors (Lipinski definition) is 4. The van der Waals surface area contributed by atoms with E-state index in [1.807, 2.05) is 24.3 Å². The average Bonchev–Trinajstić information content (AvgIpc) is 3.58. The van der Waals surface area contributed by atoms with E-state index in [1.54, 1.807) is 0 Å². The van der Waals surface area contributed by atoms with Crippen molar-refractivity contribution in [1.82, 2.24) is 5.32 Å². The van der Waals surface area contributed by atoms with Crippen molar-refractivity contribution in [2.45, 2.75) is 12.3 Å². The Morgan fingerprint density at radius 3 is 2.26 bits per heavy atom. The van der Waals surface area contributed by atoms with Crippen LogP contribution in [0.15, 0.2) is 66.7 Å². The molecule has 2 amide bonds. The van der Waals surface area contributed by atoms with Crippen LogP contribution >= 0.6 is 11.6 Å². The number of fused-ring (bicyclic) bond motifs is 3. The molecule has 0 radical (unpaired) electrons. The number of carbonyl (C=O) groups is 3. The van der Waals surface area contributed by atoms with E-state index in [2.05, 4.69) is 34.9 Å². The summed E-state index contributed by atoms with van der Waals surface area (Å²) in [4.78, 5) is 35.9. The maximum atomic E-state index is 12.5. The van der Waals surface area contributed by atoms with Gasteiger partial charge in [0.15, 0.2) is 0 Å². The van der Waals surface area contributed by atoms with Crippen LogP contribution in [0.1, 0.15) is 33.8 Å². The molecule has 0 saturated heterocycles. The fraction of sp³-hybridized carbons (Fsp3) is 0.222. The SMILES string of the molecule is O=C(NC[C@@H]1C[C@@H]1C(=O)Nc1ccc(C(=O)O)cc1Cl)OCC1c2ccccc2-c2ccccc21. The van der Waals surface area contributed by atoms with E-state index in [9.17, 15) is 14.4 Å². The van der Waals surface area contributed by atoms with Gasteiger partial charge < -0.3 is 20.5 Å². The lowest BCUT2D eigenvalue weighted by atomic mass is 9.98. The molecule has 3 N–H and O–H groups in total. The molecule has 8 heteroatoms. The molecular weight excluding hydrogens is 468 g/mol. The first kappa shape index (κ1) is 22.9. The number of amides is 2. The van der Waals surface area contributed by atoms with Gasteiger partial charge in [0.2, 0.25) is 5.91 Å². The molecule has 178 valence electrons. The largest absolute Gasteiger partial charge is 0.478 e. The molecule has 0 unspecified atom stereocenters. The molecule has 1 saturated carbocycles. The third-order valence-electron chi connectivity index (χ3n) is 6.59. The number of carboxylic acid groups (broad SMARTS) is 1. The van der Waals surface area contributed by atoms with Crippen LogP contribution in [0, 0.1) is 11.8 Å². The number of alkyl carbamates (subject to hydrolysis) is 1. The Morgan fingerprint density at radius 2 is 1.63 bits per heavy atom. The van der Waals surface area contributed by atoms with E-state index >= 15 is 0 Å². The van der Waals surface area contributed by atoms with Crippen LogP contribution in [0.4, 0.5) is 10.5 Å². The number of ether oxygens (including phenoxy) is 1. The summed E-state index contributed by atoms with van der Waals surface area (Å²) in [6.07, 6.45) is 0.130. The number of aromatic carboxylic acids is 1. The highest BCUT2D eigenvalue weighted by molar-refractivity contribution is 6.34. The number of halogens is 1. The lowest BCUT2D eigenvalue weighted by molar-refractivity contribution is -0.117. The van der Waals surface area contributed by atoms with E-state index in [4.69, 9.17) is 21.4 Å². The Balaban J connectivity index is 1.10. The summed E-state index contributed by atoms with van der Waals surface area (Å²) in [5.74, 6) is -1.56. The van der Waals surface area contributed by atoms with Crippen LogP contribution in [0.25, 0.3) is 11.1 Å². The fourth-order valence-electron chi connectivity index (χ4n) is 4.63. The molecule has 0 heterocycles. The number of rotatable bonds is 7. The van der Waals surface area contributed by atoms with Gasteiger partial charge in [0.25, 0.3) is 0 Å². The van der Waals surface area contributed by atoms with Crippen LogP contribution in [-0.2, 0) is 9.53 Å². The van der Waals surface area contributed by atoms with E-state index in [0.717, 1.165) is 11.1 Å². The molecule has 3 aromatic rings. The quantitative estimate of drug-likeness (QED) is 0.424. The van der Waals surface area contributed by atoms with Gasteiger partial charge in [-0.15, -0.1) is 0 Å². The molecule has 2 aliphatic carbocycles. The number of carbonyl (C=O) groups excluding carboxylic acids is 2. The molecular formula is C27H23ClN2O5. The highest BCUT2D eigenvalue weighted by Gasteiger charge is 2.43. The van der Waals surface area contributed by atoms with Crippen molar-refractivity contribution in [3.05, 3.63) is 88.4 Å². The molecule has 2 atom stereocenters. The third-order valence-corrected chi connectivity index (χ3v) is 6.90. The first-order chi connectivity index (χ1) is 16.9. The molecule has 0 aliphatic heterocycles. The van der Waals surface area contributed by atoms with Crippen LogP contribution < -0.4 is 10.6 Å². The van der Waals surface area contributed by atoms with Crippen molar-refractivity contribution in [2.75, 3.05) is 18.5 Å². The van der Waals surface area contributed by atoms with Crippen molar-refractivity contribution in [3.63, 3.8) is 0 Å². The fourth-order valence-corrected chi connectivity index (χ4v) is 4.86. The Kier molecular flexibility index (Phi) is 6.17. The molecule has 0 aromatic heterocycles. The van der Waals surface area contributed by atoms with E-state index < -0.39 is 12.1 Å². The highest BCUT2D eigenvalue weighted by atomic mass is 35.5. The lowest BCUT2D eigenvalue weighted by Gasteiger charge is -2.14. The van der Waals surface area contributed by atoms with Gasteiger partial charge in [-0.25, -0.2) is 9.59 Å². The monoisotopic (exact) mass is 490 g/mol. The zero-order valence-corrected chi connectivity index (χ0v) is 19.4. The van der Waals surface area contributed by atoms with Gasteiger partial charge in [-0.2, -0.15) is 0 Å². The molecule has 5 rings (SSSR count). The minimum absolute atomic E-state index is 0.00699. The molecule has 0 bridgehead atoms. The lowest BCUT2D eigenvalue weighted by Crippen LogP contribution is -2.29. The van der Waals surface area contributed by atoms with Crippen LogP contribution in [0.5, 0.6) is 0 Å². The van der Waals surface area contributed by atoms with Gasteiger partial charge in [0.05, 0.1) is 16.3 Å². The zero-order chi connectivity index (χ0) is 24.5. The molecule has 7 nitrogen and oxygen atoms in total. The standard InChI is InChI=1S/C27H23ClN2O5/c28-23-12-15(26(32)33)9-10-24(23)30-25(31)21-11-16(21)13-29-27(34)35-14-22-19-7-3-1-5-17(19)18-6-2-4-8-20(18)22/h1-10,12,16,21-22H,11,13-14H2,(H,29,34)(H,30,31)(H,32,33)/t16-,21-/m0/s1. The first-order valence-corrected chi connectivity index (χ1v) is 11.7. The van der Waals surface area contributed by atoms with Gasteiger partial charge in [0, 0.05) is 18.4 Å². The minimum Gasteiger partial charge on any atom is -0.478 e. The smallest absolute Gasteiger partial charge is 0.407 e. The second-order valence-corrected chi connectivity index (χ2v) is 9.20. The predicted molar refractivity (Wildman–Crippen MR) is 132 cm³/mol. The van der Waals surface area contributed by atoms with Gasteiger partial charge >= 0.3 is 12.1 Å². The maximum absolute atomic E-state index is 12.5. The summed E-state index contributed by atoms with van der Waals surface area (Å²) in [5, 5.41) is 14.7. The van der Waals surface area contributed by atoms with E-state index in [1.165, 1.54) is 29.3 Å². The number of anilines is 1. The second-order valence-electron chi connectivity index (χ2n) is 8.80. The van der Waals surface area contributed by atoms with Gasteiger partial charge in [-0.3, -0.25) is 4.79 Å². The number of benzene rings is 3. The molecule has 0 spiro atoms. The summed E-state index contributed by atoms with van der Waals surface area (Å²) in [6.45, 7) is 0.569. The predicted octanol–water partition coefficient (Wildman–Crippen LogP) is 5.15. The summed E-state index contributed by atoms with van der Waals surface area (Å²) in [7, 11) is 0. The molecule has 1 fully saturated rings. The summed E-state index contributed by atoms with van der Waals surface area (Å²) in [5.41, 5.74) is 5.04. The Bertz CT molecular complexity index is 1280. The van der Waals surface area contributed by atoms with Crippen molar-refractivity contribution >= 4 is 35.3 Å². The van der Waals surface area contributed by atoms with Gasteiger partial charge in [-0.05, 0) is 52.8 Å². The van der Waals surface area contributed by atoms with Crippen LogP contribution in [-0.4, -0.2) is 36.2 Å². The first-order valence-electron chi connectivity index (χ1n) is 11.3. The Morgan fingerprint density at radius 1 is 0.971 bits per heavy atom. The van der Waals surface area contributed by atoms with Gasteiger partial charge in [-0.1, -0.05) is 60.1 Å². The van der Waals surface area contributed by atoms with Crippen LogP contribution in [0.3, 0.4) is 0 Å². The van der Waals surface area contributed by atoms with Crippen molar-refractivity contribution in [2.24, 2.45) is 11.8 Å². The van der Waals surface area contributed by atoms with E-state index in [0.29, 0.717) is 18.7 Å². The molecule has 2 aliphatic rings. The molecule has 3 aromatic carbocycles. The zero-order valence-electron chi connectivity index (χ0n) is 18.7. The van der Waals surface area contributed by atoms with Gasteiger partial charge in [0.1, 0.15) is 6.61 Å². The average molecular weight is 491 g/mol. The van der Waals surface area contributed by atoms with Crippen molar-refractivity contribution in [3.8, 4) is 11.1 Å². The topological polar surface area (TPSA) is 105 Å². The normalized spacial score (nSPS) is 17.7. The third kappa shape index (κ3) is 4.72. The number of carboxylic acids is 1. The Labute approximate surface area is 207 Å². The number of nitrogens with one attached hydrogen (secondary N) is 2. The summed E-state index contributed by atoms with van der Waals surface area (Å²) in [6, 6.07) is 20.4.